The smallest absolute Gasteiger partial charge is 0.165 e. The summed E-state index contributed by atoms with van der Waals surface area (Å²) in [4.78, 5) is 12.6. The summed E-state index contributed by atoms with van der Waals surface area (Å²) in [5.41, 5.74) is 8.16. The first-order chi connectivity index (χ1) is 10.1. The lowest BCUT2D eigenvalue weighted by molar-refractivity contribution is 0.0966. The molecular formula is C17H16BrNO2. The summed E-state index contributed by atoms with van der Waals surface area (Å²) in [6.45, 7) is 0.656. The largest absolute Gasteiger partial charge is 0.493 e. The van der Waals surface area contributed by atoms with Gasteiger partial charge in [-0.1, -0.05) is 34.1 Å². The van der Waals surface area contributed by atoms with Crippen LogP contribution < -0.4 is 10.5 Å². The van der Waals surface area contributed by atoms with Gasteiger partial charge >= 0.3 is 0 Å². The van der Waals surface area contributed by atoms with Gasteiger partial charge in [-0.05, 0) is 42.2 Å². The molecule has 2 N–H and O–H groups in total. The Morgan fingerprint density at radius 3 is 2.95 bits per heavy atom. The van der Waals surface area contributed by atoms with Crippen LogP contribution in [0.2, 0.25) is 0 Å². The van der Waals surface area contributed by atoms with Crippen LogP contribution in [0, 0.1) is 0 Å². The van der Waals surface area contributed by atoms with Crippen LogP contribution in [-0.2, 0) is 0 Å². The maximum Gasteiger partial charge on any atom is 0.165 e. The van der Waals surface area contributed by atoms with Gasteiger partial charge in [0.1, 0.15) is 5.75 Å². The minimum atomic E-state index is 0.0792. The molecule has 4 heteroatoms. The van der Waals surface area contributed by atoms with Gasteiger partial charge < -0.3 is 10.5 Å². The van der Waals surface area contributed by atoms with Gasteiger partial charge in [0.15, 0.2) is 5.78 Å². The Balaban J connectivity index is 1.84. The third kappa shape index (κ3) is 2.95. The van der Waals surface area contributed by atoms with Crippen molar-refractivity contribution in [1.82, 2.24) is 0 Å². The normalized spacial score (nSPS) is 16.9. The number of carbonyl (C=O) groups excluding carboxylic acids is 1. The van der Waals surface area contributed by atoms with Gasteiger partial charge in [-0.2, -0.15) is 0 Å². The number of nitrogen functional groups attached to an aromatic ring is 1. The van der Waals surface area contributed by atoms with E-state index in [-0.39, 0.29) is 11.7 Å². The van der Waals surface area contributed by atoms with Gasteiger partial charge in [0.25, 0.3) is 0 Å². The highest BCUT2D eigenvalue weighted by Crippen LogP contribution is 2.36. The van der Waals surface area contributed by atoms with Crippen molar-refractivity contribution in [2.24, 2.45) is 0 Å². The molecule has 0 aliphatic carbocycles. The second-order valence-electron chi connectivity index (χ2n) is 5.23. The quantitative estimate of drug-likeness (QED) is 0.670. The van der Waals surface area contributed by atoms with E-state index >= 15 is 0 Å². The first-order valence-electron chi connectivity index (χ1n) is 6.95. The predicted molar refractivity (Wildman–Crippen MR) is 86.8 cm³/mol. The molecule has 2 aromatic rings. The zero-order valence-corrected chi connectivity index (χ0v) is 13.1. The third-order valence-corrected chi connectivity index (χ3v) is 4.32. The molecule has 0 aromatic heterocycles. The molecule has 0 fully saturated rings. The molecule has 1 heterocycles. The van der Waals surface area contributed by atoms with Gasteiger partial charge in [0.05, 0.1) is 6.61 Å². The number of carbonyl (C=O) groups is 1. The summed E-state index contributed by atoms with van der Waals surface area (Å²) in [5, 5.41) is 0. The summed E-state index contributed by atoms with van der Waals surface area (Å²) in [6, 6.07) is 13.3. The summed E-state index contributed by atoms with van der Waals surface area (Å²) >= 11 is 3.39. The molecule has 21 heavy (non-hydrogen) atoms. The third-order valence-electron chi connectivity index (χ3n) is 3.83. The van der Waals surface area contributed by atoms with Crippen molar-refractivity contribution in [3.8, 4) is 5.75 Å². The predicted octanol–water partition coefficient (Wildman–Crippen LogP) is 4.17. The van der Waals surface area contributed by atoms with Crippen LogP contribution >= 0.6 is 15.9 Å². The number of benzene rings is 2. The molecule has 0 saturated heterocycles. The Hall–Kier alpha value is -1.81. The van der Waals surface area contributed by atoms with E-state index in [1.807, 2.05) is 30.3 Å². The van der Waals surface area contributed by atoms with E-state index in [1.54, 1.807) is 12.1 Å². The molecule has 3 rings (SSSR count). The topological polar surface area (TPSA) is 52.3 Å². The van der Waals surface area contributed by atoms with Crippen molar-refractivity contribution in [2.75, 3.05) is 12.3 Å². The average molecular weight is 346 g/mol. The molecule has 1 atom stereocenters. The fourth-order valence-electron chi connectivity index (χ4n) is 2.73. The highest BCUT2D eigenvalue weighted by atomic mass is 79.9. The van der Waals surface area contributed by atoms with Crippen molar-refractivity contribution in [3.05, 3.63) is 58.1 Å². The van der Waals surface area contributed by atoms with Crippen LogP contribution in [0.15, 0.2) is 46.9 Å². The lowest BCUT2D eigenvalue weighted by Crippen LogP contribution is -2.17. The van der Waals surface area contributed by atoms with E-state index in [0.29, 0.717) is 24.3 Å². The van der Waals surface area contributed by atoms with Crippen LogP contribution in [0.3, 0.4) is 0 Å². The molecule has 0 radical (unpaired) electrons. The Labute approximate surface area is 132 Å². The fraction of sp³-hybridized carbons (Fsp3) is 0.235. The minimum Gasteiger partial charge on any atom is -0.493 e. The maximum atomic E-state index is 12.6. The summed E-state index contributed by atoms with van der Waals surface area (Å²) in [5.74, 6) is 1.17. The van der Waals surface area contributed by atoms with Crippen LogP contribution in [-0.4, -0.2) is 12.4 Å². The van der Waals surface area contributed by atoms with Gasteiger partial charge in [-0.3, -0.25) is 4.79 Å². The van der Waals surface area contributed by atoms with Gasteiger partial charge in [0, 0.05) is 22.1 Å². The van der Waals surface area contributed by atoms with Gasteiger partial charge in [-0.15, -0.1) is 0 Å². The summed E-state index contributed by atoms with van der Waals surface area (Å²) in [7, 11) is 0. The van der Waals surface area contributed by atoms with Crippen molar-refractivity contribution in [2.45, 2.75) is 18.8 Å². The molecule has 108 valence electrons. The van der Waals surface area contributed by atoms with Crippen molar-refractivity contribution < 1.29 is 9.53 Å². The van der Waals surface area contributed by atoms with E-state index in [4.69, 9.17) is 10.5 Å². The number of halogens is 1. The first-order valence-corrected chi connectivity index (χ1v) is 7.74. The SMILES string of the molecule is Nc1ccc(Br)cc1C(=O)CC1CCOc2ccccc21. The van der Waals surface area contributed by atoms with E-state index in [9.17, 15) is 4.79 Å². The lowest BCUT2D eigenvalue weighted by Gasteiger charge is -2.25. The van der Waals surface area contributed by atoms with Crippen LogP contribution in [0.4, 0.5) is 5.69 Å². The zero-order valence-electron chi connectivity index (χ0n) is 11.5. The molecule has 2 aromatic carbocycles. The Kier molecular flexibility index (Phi) is 3.97. The maximum absolute atomic E-state index is 12.6. The summed E-state index contributed by atoms with van der Waals surface area (Å²) in [6.07, 6.45) is 1.32. The van der Waals surface area contributed by atoms with Crippen molar-refractivity contribution in [3.63, 3.8) is 0 Å². The number of hydrogen-bond acceptors (Lipinski definition) is 3. The number of Topliss-reactive ketones (excluding diaryl/α,β-unsaturated/α-hetero) is 1. The lowest BCUT2D eigenvalue weighted by atomic mass is 9.87. The second kappa shape index (κ2) is 5.90. The summed E-state index contributed by atoms with van der Waals surface area (Å²) < 4.78 is 6.51. The number of nitrogens with two attached hydrogens (primary N) is 1. The number of rotatable bonds is 3. The van der Waals surface area contributed by atoms with Crippen LogP contribution in [0.5, 0.6) is 5.75 Å². The number of fused-ring (bicyclic) bond motifs is 1. The van der Waals surface area contributed by atoms with Crippen LogP contribution in [0.1, 0.15) is 34.7 Å². The molecule has 0 saturated carbocycles. The Morgan fingerprint density at radius 1 is 1.29 bits per heavy atom. The first kappa shape index (κ1) is 14.1. The number of anilines is 1. The number of ketones is 1. The monoisotopic (exact) mass is 345 g/mol. The molecule has 3 nitrogen and oxygen atoms in total. The van der Waals surface area contributed by atoms with Crippen LogP contribution in [0.25, 0.3) is 0 Å². The zero-order chi connectivity index (χ0) is 14.8. The Morgan fingerprint density at radius 2 is 2.10 bits per heavy atom. The van der Waals surface area contributed by atoms with Gasteiger partial charge in [0.2, 0.25) is 0 Å². The fourth-order valence-corrected chi connectivity index (χ4v) is 3.09. The average Bonchev–Trinajstić information content (AvgIpc) is 2.50. The van der Waals surface area contributed by atoms with Crippen molar-refractivity contribution in [1.29, 1.82) is 0 Å². The van der Waals surface area contributed by atoms with E-state index in [2.05, 4.69) is 15.9 Å². The van der Waals surface area contributed by atoms with E-state index in [1.165, 1.54) is 0 Å². The van der Waals surface area contributed by atoms with E-state index in [0.717, 1.165) is 22.2 Å². The number of ether oxygens (including phenoxy) is 1. The van der Waals surface area contributed by atoms with E-state index < -0.39 is 0 Å². The second-order valence-corrected chi connectivity index (χ2v) is 6.15. The molecule has 1 aliphatic heterocycles. The highest BCUT2D eigenvalue weighted by Gasteiger charge is 2.24. The standard InChI is InChI=1S/C17H16BrNO2/c18-12-5-6-15(19)14(10-12)16(20)9-11-7-8-21-17-4-2-1-3-13(11)17/h1-6,10-11H,7-9,19H2. The molecule has 1 aliphatic rings. The molecule has 0 bridgehead atoms. The molecule has 0 amide bonds. The van der Waals surface area contributed by atoms with Gasteiger partial charge in [-0.25, -0.2) is 0 Å². The Bertz CT molecular complexity index is 684. The minimum absolute atomic E-state index is 0.0792. The molecular weight excluding hydrogens is 330 g/mol. The molecule has 1 unspecified atom stereocenters. The van der Waals surface area contributed by atoms with Crippen molar-refractivity contribution >= 4 is 27.4 Å². The number of hydrogen-bond donors (Lipinski definition) is 1. The molecule has 0 spiro atoms. The number of para-hydroxylation sites is 1. The highest BCUT2D eigenvalue weighted by molar-refractivity contribution is 9.10.